The van der Waals surface area contributed by atoms with Crippen LogP contribution >= 0.6 is 0 Å². The Morgan fingerprint density at radius 2 is 2.27 bits per heavy atom. The molecule has 0 amide bonds. The van der Waals surface area contributed by atoms with Crippen LogP contribution in [0.25, 0.3) is 0 Å². The third-order valence-electron chi connectivity index (χ3n) is 1.24. The summed E-state index contributed by atoms with van der Waals surface area (Å²) in [4.78, 5) is 10.3. The fourth-order valence-electron chi connectivity index (χ4n) is 0.448. The zero-order valence-corrected chi connectivity index (χ0v) is 7.43. The molecule has 3 nitrogen and oxygen atoms in total. The molecular formula is C7H12O3S. The molecule has 4 heteroatoms. The number of hydrogen-bond acceptors (Lipinski definition) is 2. The molecule has 0 saturated carbocycles. The lowest BCUT2D eigenvalue weighted by Crippen LogP contribution is -2.23. The van der Waals surface area contributed by atoms with Crippen LogP contribution in [0.5, 0.6) is 0 Å². The summed E-state index contributed by atoms with van der Waals surface area (Å²) < 4.78 is 11.0. The van der Waals surface area contributed by atoms with Crippen molar-refractivity contribution in [3.8, 4) is 0 Å². The van der Waals surface area contributed by atoms with Crippen LogP contribution in [0.1, 0.15) is 13.8 Å². The number of carboxylic acid groups (broad SMARTS) is 1. The zero-order valence-electron chi connectivity index (χ0n) is 6.61. The van der Waals surface area contributed by atoms with Gasteiger partial charge in [-0.3, -0.25) is 9.00 Å². The van der Waals surface area contributed by atoms with Crippen LogP contribution in [0.3, 0.4) is 0 Å². The Morgan fingerprint density at radius 3 is 2.64 bits per heavy atom. The molecule has 0 spiro atoms. The molecule has 11 heavy (non-hydrogen) atoms. The Balaban J connectivity index is 3.93. The highest BCUT2D eigenvalue weighted by Gasteiger charge is 2.16. The van der Waals surface area contributed by atoms with Gasteiger partial charge in [-0.05, 0) is 13.8 Å². The smallest absolute Gasteiger partial charge is 0.318 e. The van der Waals surface area contributed by atoms with E-state index in [1.54, 1.807) is 12.2 Å². The lowest BCUT2D eigenvalue weighted by Gasteiger charge is -2.02. The van der Waals surface area contributed by atoms with E-state index in [0.29, 0.717) is 5.75 Å². The van der Waals surface area contributed by atoms with E-state index in [-0.39, 0.29) is 0 Å². The largest absolute Gasteiger partial charge is 0.480 e. The summed E-state index contributed by atoms with van der Waals surface area (Å²) in [5.74, 6) is -0.683. The van der Waals surface area contributed by atoms with Crippen molar-refractivity contribution in [3.05, 3.63) is 12.2 Å². The van der Waals surface area contributed by atoms with E-state index >= 15 is 0 Å². The van der Waals surface area contributed by atoms with Gasteiger partial charge in [0, 0.05) is 16.6 Å². The lowest BCUT2D eigenvalue weighted by molar-refractivity contribution is -0.136. The normalized spacial score (nSPS) is 16.5. The molecule has 2 unspecified atom stereocenters. The van der Waals surface area contributed by atoms with Crippen molar-refractivity contribution in [2.45, 2.75) is 19.1 Å². The van der Waals surface area contributed by atoms with Gasteiger partial charge in [0.05, 0.1) is 0 Å². The maximum absolute atomic E-state index is 11.0. The number of allylic oxidation sites excluding steroid dienone is 1. The summed E-state index contributed by atoms with van der Waals surface area (Å²) in [5, 5.41) is 7.66. The molecule has 0 aliphatic rings. The molecule has 0 saturated heterocycles. The molecule has 64 valence electrons. The predicted octanol–water partition coefficient (Wildman–Crippen LogP) is 0.784. The van der Waals surface area contributed by atoms with Crippen molar-refractivity contribution < 1.29 is 14.1 Å². The molecule has 0 aromatic heterocycles. The minimum absolute atomic E-state index is 0.323. The van der Waals surface area contributed by atoms with E-state index in [4.69, 9.17) is 5.11 Å². The summed E-state index contributed by atoms with van der Waals surface area (Å²) in [6.07, 6.45) is 3.46. The van der Waals surface area contributed by atoms with Crippen LogP contribution in [0.4, 0.5) is 0 Å². The Labute approximate surface area is 68.6 Å². The highest BCUT2D eigenvalue weighted by Crippen LogP contribution is 1.96. The quantitative estimate of drug-likeness (QED) is 0.644. The second-order valence-corrected chi connectivity index (χ2v) is 3.90. The molecule has 1 N–H and O–H groups in total. The van der Waals surface area contributed by atoms with Gasteiger partial charge in [-0.1, -0.05) is 12.2 Å². The van der Waals surface area contributed by atoms with E-state index in [1.807, 2.05) is 6.92 Å². The first-order valence-electron chi connectivity index (χ1n) is 3.30. The summed E-state index contributed by atoms with van der Waals surface area (Å²) in [5.41, 5.74) is 0. The third-order valence-corrected chi connectivity index (χ3v) is 2.75. The van der Waals surface area contributed by atoms with Crippen LogP contribution < -0.4 is 0 Å². The van der Waals surface area contributed by atoms with E-state index < -0.39 is 22.0 Å². The van der Waals surface area contributed by atoms with E-state index in [9.17, 15) is 9.00 Å². The van der Waals surface area contributed by atoms with Gasteiger partial charge in [-0.2, -0.15) is 0 Å². The van der Waals surface area contributed by atoms with Crippen molar-refractivity contribution in [1.29, 1.82) is 0 Å². The Hall–Kier alpha value is -0.640. The fraction of sp³-hybridized carbons (Fsp3) is 0.571. The Kier molecular flexibility index (Phi) is 4.77. The first-order valence-corrected chi connectivity index (χ1v) is 4.69. The fourth-order valence-corrected chi connectivity index (χ4v) is 1.34. The lowest BCUT2D eigenvalue weighted by atomic mass is 10.5. The van der Waals surface area contributed by atoms with Gasteiger partial charge in [-0.15, -0.1) is 0 Å². The van der Waals surface area contributed by atoms with Gasteiger partial charge < -0.3 is 5.11 Å². The van der Waals surface area contributed by atoms with E-state index in [0.717, 1.165) is 0 Å². The van der Waals surface area contributed by atoms with Crippen molar-refractivity contribution in [2.75, 3.05) is 5.75 Å². The highest BCUT2D eigenvalue weighted by atomic mass is 32.2. The second kappa shape index (κ2) is 5.07. The van der Waals surface area contributed by atoms with Gasteiger partial charge in [0.2, 0.25) is 0 Å². The van der Waals surface area contributed by atoms with Gasteiger partial charge in [0.1, 0.15) is 5.25 Å². The van der Waals surface area contributed by atoms with E-state index in [2.05, 4.69) is 0 Å². The SMILES string of the molecule is C/C=C/CS(=O)C(C)C(=O)O. The molecule has 0 fully saturated rings. The molecular weight excluding hydrogens is 164 g/mol. The molecule has 0 rings (SSSR count). The number of carboxylic acids is 1. The summed E-state index contributed by atoms with van der Waals surface area (Å²) in [7, 11) is -1.28. The standard InChI is InChI=1S/C7H12O3S/c1-3-4-5-11(10)6(2)7(8)9/h3-4,6H,5H2,1-2H3,(H,8,9)/b4-3+. The van der Waals surface area contributed by atoms with Crippen LogP contribution in [0.2, 0.25) is 0 Å². The average molecular weight is 176 g/mol. The van der Waals surface area contributed by atoms with Crippen LogP contribution in [-0.4, -0.2) is 26.3 Å². The van der Waals surface area contributed by atoms with Gasteiger partial charge in [0.25, 0.3) is 0 Å². The van der Waals surface area contributed by atoms with Crippen molar-refractivity contribution in [3.63, 3.8) is 0 Å². The molecule has 0 aliphatic carbocycles. The van der Waals surface area contributed by atoms with Gasteiger partial charge in [0.15, 0.2) is 0 Å². The number of carbonyl (C=O) groups is 1. The Morgan fingerprint density at radius 1 is 1.73 bits per heavy atom. The summed E-state index contributed by atoms with van der Waals surface area (Å²) in [6.45, 7) is 3.25. The molecule has 0 radical (unpaired) electrons. The number of hydrogen-bond donors (Lipinski definition) is 1. The van der Waals surface area contributed by atoms with Crippen molar-refractivity contribution in [2.24, 2.45) is 0 Å². The van der Waals surface area contributed by atoms with Crippen LogP contribution in [0.15, 0.2) is 12.2 Å². The Bertz CT molecular complexity index is 186. The summed E-state index contributed by atoms with van der Waals surface area (Å²) in [6, 6.07) is 0. The minimum Gasteiger partial charge on any atom is -0.480 e. The number of rotatable bonds is 4. The molecule has 0 heterocycles. The molecule has 0 bridgehead atoms. The highest BCUT2D eigenvalue weighted by molar-refractivity contribution is 7.86. The number of aliphatic carboxylic acids is 1. The monoisotopic (exact) mass is 176 g/mol. The van der Waals surface area contributed by atoms with Crippen molar-refractivity contribution in [1.82, 2.24) is 0 Å². The predicted molar refractivity (Wildman–Crippen MR) is 44.9 cm³/mol. The first-order chi connectivity index (χ1) is 5.09. The van der Waals surface area contributed by atoms with Crippen molar-refractivity contribution >= 4 is 16.8 Å². The van der Waals surface area contributed by atoms with Crippen LogP contribution in [-0.2, 0) is 15.6 Å². The minimum atomic E-state index is -1.28. The van der Waals surface area contributed by atoms with Gasteiger partial charge in [-0.25, -0.2) is 0 Å². The molecule has 0 aromatic carbocycles. The molecule has 2 atom stereocenters. The third kappa shape index (κ3) is 3.93. The first kappa shape index (κ1) is 10.4. The average Bonchev–Trinajstić information content (AvgIpc) is 1.98. The molecule has 0 aliphatic heterocycles. The maximum atomic E-state index is 11.0. The van der Waals surface area contributed by atoms with E-state index in [1.165, 1.54) is 6.92 Å². The van der Waals surface area contributed by atoms with Gasteiger partial charge >= 0.3 is 5.97 Å². The van der Waals surface area contributed by atoms with Crippen LogP contribution in [0, 0.1) is 0 Å². The summed E-state index contributed by atoms with van der Waals surface area (Å²) >= 11 is 0. The second-order valence-electron chi connectivity index (χ2n) is 2.10. The maximum Gasteiger partial charge on any atom is 0.318 e. The zero-order chi connectivity index (χ0) is 8.85. The molecule has 0 aromatic rings. The topological polar surface area (TPSA) is 54.4 Å².